The van der Waals surface area contributed by atoms with Crippen LogP contribution in [0.1, 0.15) is 38.5 Å². The summed E-state index contributed by atoms with van der Waals surface area (Å²) in [6, 6.07) is 13.2. The zero-order chi connectivity index (χ0) is 20.8. The maximum atomic E-state index is 12.5. The SMILES string of the molecule is Cc1cc(C(=O)NNC(=O)CCNC(=O)c2ccsc2)c(C)n1-c1ccccc1. The molecule has 3 aromatic rings. The Morgan fingerprint density at radius 3 is 2.45 bits per heavy atom. The van der Waals surface area contributed by atoms with E-state index in [0.717, 1.165) is 17.1 Å². The summed E-state index contributed by atoms with van der Waals surface area (Å²) in [6.07, 6.45) is 0.0548. The minimum atomic E-state index is -0.393. The summed E-state index contributed by atoms with van der Waals surface area (Å²) in [7, 11) is 0. The van der Waals surface area contributed by atoms with Gasteiger partial charge in [0.15, 0.2) is 0 Å². The highest BCUT2D eigenvalue weighted by molar-refractivity contribution is 7.08. The molecule has 0 bridgehead atoms. The van der Waals surface area contributed by atoms with Gasteiger partial charge in [-0.25, -0.2) is 0 Å². The van der Waals surface area contributed by atoms with E-state index >= 15 is 0 Å². The molecule has 0 atom stereocenters. The average Bonchev–Trinajstić information content (AvgIpc) is 3.35. The monoisotopic (exact) mass is 410 g/mol. The molecule has 0 spiro atoms. The van der Waals surface area contributed by atoms with Crippen LogP contribution in [0.3, 0.4) is 0 Å². The van der Waals surface area contributed by atoms with Crippen LogP contribution in [0.2, 0.25) is 0 Å². The lowest BCUT2D eigenvalue weighted by Crippen LogP contribution is -2.43. The average molecular weight is 410 g/mol. The molecule has 8 heteroatoms. The summed E-state index contributed by atoms with van der Waals surface area (Å²) in [4.78, 5) is 36.3. The van der Waals surface area contributed by atoms with Crippen molar-refractivity contribution in [2.75, 3.05) is 6.54 Å². The van der Waals surface area contributed by atoms with E-state index in [-0.39, 0.29) is 24.8 Å². The number of thiophene rings is 1. The van der Waals surface area contributed by atoms with E-state index in [4.69, 9.17) is 0 Å². The number of rotatable bonds is 6. The number of amides is 3. The quantitative estimate of drug-likeness (QED) is 0.546. The van der Waals surface area contributed by atoms with Gasteiger partial charge in [-0.3, -0.25) is 25.2 Å². The van der Waals surface area contributed by atoms with Gasteiger partial charge in [0, 0.05) is 41.0 Å². The maximum absolute atomic E-state index is 12.5. The smallest absolute Gasteiger partial charge is 0.271 e. The van der Waals surface area contributed by atoms with E-state index in [1.54, 1.807) is 17.5 Å². The summed E-state index contributed by atoms with van der Waals surface area (Å²) in [5.41, 5.74) is 8.54. The van der Waals surface area contributed by atoms with Crippen LogP contribution >= 0.6 is 11.3 Å². The first-order valence-electron chi connectivity index (χ1n) is 9.11. The number of hydrogen-bond acceptors (Lipinski definition) is 4. The standard InChI is InChI=1S/C21H22N4O3S/c1-14-12-18(15(2)25(14)17-6-4-3-5-7-17)21(28)24-23-19(26)8-10-22-20(27)16-9-11-29-13-16/h3-7,9,11-13H,8,10H2,1-2H3,(H,22,27)(H,23,26)(H,24,28). The van der Waals surface area contributed by atoms with Gasteiger partial charge < -0.3 is 9.88 Å². The number of nitrogens with zero attached hydrogens (tertiary/aromatic N) is 1. The molecule has 0 unspecified atom stereocenters. The number of benzene rings is 1. The molecular formula is C21H22N4O3S. The Labute approximate surface area is 172 Å². The Morgan fingerprint density at radius 1 is 1.00 bits per heavy atom. The van der Waals surface area contributed by atoms with Crippen LogP contribution in [0, 0.1) is 13.8 Å². The number of hydrogen-bond donors (Lipinski definition) is 3. The zero-order valence-corrected chi connectivity index (χ0v) is 17.0. The third-order valence-electron chi connectivity index (χ3n) is 4.43. The van der Waals surface area contributed by atoms with E-state index in [2.05, 4.69) is 16.2 Å². The van der Waals surface area contributed by atoms with Crippen LogP contribution < -0.4 is 16.2 Å². The Hall–Kier alpha value is -3.39. The number of aromatic nitrogens is 1. The normalized spacial score (nSPS) is 10.4. The number of para-hydroxylation sites is 1. The molecule has 0 aliphatic carbocycles. The highest BCUT2D eigenvalue weighted by Gasteiger charge is 2.17. The van der Waals surface area contributed by atoms with Crippen LogP contribution in [0.25, 0.3) is 5.69 Å². The van der Waals surface area contributed by atoms with Gasteiger partial charge in [-0.2, -0.15) is 11.3 Å². The van der Waals surface area contributed by atoms with Crippen LogP contribution in [0.5, 0.6) is 0 Å². The highest BCUT2D eigenvalue weighted by Crippen LogP contribution is 2.20. The van der Waals surface area contributed by atoms with Crippen molar-refractivity contribution in [1.82, 2.24) is 20.7 Å². The van der Waals surface area contributed by atoms with Gasteiger partial charge in [0.05, 0.1) is 5.56 Å². The Balaban J connectivity index is 1.52. The van der Waals surface area contributed by atoms with Crippen molar-refractivity contribution >= 4 is 29.1 Å². The molecule has 29 heavy (non-hydrogen) atoms. The molecule has 3 rings (SSSR count). The fourth-order valence-electron chi connectivity index (χ4n) is 3.01. The Bertz CT molecular complexity index is 1010. The second kappa shape index (κ2) is 9.20. The van der Waals surface area contributed by atoms with E-state index in [1.165, 1.54) is 11.3 Å². The van der Waals surface area contributed by atoms with Gasteiger partial charge in [-0.1, -0.05) is 18.2 Å². The molecular weight excluding hydrogens is 388 g/mol. The Morgan fingerprint density at radius 2 is 1.76 bits per heavy atom. The van der Waals surface area contributed by atoms with Crippen molar-refractivity contribution < 1.29 is 14.4 Å². The van der Waals surface area contributed by atoms with E-state index < -0.39 is 5.91 Å². The summed E-state index contributed by atoms with van der Waals surface area (Å²) in [5.74, 6) is -1.01. The molecule has 3 amide bonds. The summed E-state index contributed by atoms with van der Waals surface area (Å²) in [5, 5.41) is 6.21. The fraction of sp³-hybridized carbons (Fsp3) is 0.190. The molecule has 7 nitrogen and oxygen atoms in total. The summed E-state index contributed by atoms with van der Waals surface area (Å²) in [6.45, 7) is 3.96. The molecule has 0 saturated carbocycles. The number of nitrogens with one attached hydrogen (secondary N) is 3. The van der Waals surface area contributed by atoms with Gasteiger partial charge in [0.2, 0.25) is 5.91 Å². The van der Waals surface area contributed by atoms with Crippen molar-refractivity contribution in [2.24, 2.45) is 0 Å². The molecule has 2 aromatic heterocycles. The second-order valence-corrected chi connectivity index (χ2v) is 7.26. The minimum Gasteiger partial charge on any atom is -0.351 e. The predicted molar refractivity (Wildman–Crippen MR) is 112 cm³/mol. The molecule has 0 aliphatic heterocycles. The van der Waals surface area contributed by atoms with Crippen molar-refractivity contribution in [3.63, 3.8) is 0 Å². The molecule has 0 radical (unpaired) electrons. The third-order valence-corrected chi connectivity index (χ3v) is 5.11. The number of aryl methyl sites for hydroxylation is 1. The van der Waals surface area contributed by atoms with Gasteiger partial charge >= 0.3 is 0 Å². The number of carbonyl (C=O) groups is 3. The van der Waals surface area contributed by atoms with Crippen LogP contribution in [-0.2, 0) is 4.79 Å². The van der Waals surface area contributed by atoms with Crippen LogP contribution in [0.4, 0.5) is 0 Å². The van der Waals surface area contributed by atoms with Crippen molar-refractivity contribution in [1.29, 1.82) is 0 Å². The van der Waals surface area contributed by atoms with Gasteiger partial charge in [0.25, 0.3) is 11.8 Å². The van der Waals surface area contributed by atoms with E-state index in [9.17, 15) is 14.4 Å². The van der Waals surface area contributed by atoms with Crippen molar-refractivity contribution in [3.8, 4) is 5.69 Å². The zero-order valence-electron chi connectivity index (χ0n) is 16.2. The topological polar surface area (TPSA) is 92.2 Å². The second-order valence-electron chi connectivity index (χ2n) is 6.48. The van der Waals surface area contributed by atoms with Crippen LogP contribution in [-0.4, -0.2) is 28.8 Å². The molecule has 0 fully saturated rings. The first-order valence-corrected chi connectivity index (χ1v) is 10.1. The molecule has 0 aliphatic rings. The first-order chi connectivity index (χ1) is 14.0. The molecule has 150 valence electrons. The lowest BCUT2D eigenvalue weighted by atomic mass is 10.2. The highest BCUT2D eigenvalue weighted by atomic mass is 32.1. The summed E-state index contributed by atoms with van der Waals surface area (Å²) < 4.78 is 1.98. The first kappa shape index (κ1) is 20.3. The lowest BCUT2D eigenvalue weighted by molar-refractivity contribution is -0.121. The number of hydrazine groups is 1. The molecule has 0 saturated heterocycles. The van der Waals surface area contributed by atoms with Crippen LogP contribution in [0.15, 0.2) is 53.2 Å². The third kappa shape index (κ3) is 4.91. The van der Waals surface area contributed by atoms with Crippen molar-refractivity contribution in [2.45, 2.75) is 20.3 Å². The molecule has 3 N–H and O–H groups in total. The minimum absolute atomic E-state index is 0.0548. The van der Waals surface area contributed by atoms with E-state index in [1.807, 2.05) is 54.1 Å². The molecule has 2 heterocycles. The van der Waals surface area contributed by atoms with Gasteiger partial charge in [0.1, 0.15) is 0 Å². The van der Waals surface area contributed by atoms with E-state index in [0.29, 0.717) is 11.1 Å². The van der Waals surface area contributed by atoms with Gasteiger partial charge in [-0.05, 0) is 43.5 Å². The fourth-order valence-corrected chi connectivity index (χ4v) is 3.64. The lowest BCUT2D eigenvalue weighted by Gasteiger charge is -2.10. The summed E-state index contributed by atoms with van der Waals surface area (Å²) >= 11 is 1.43. The molecule has 1 aromatic carbocycles. The van der Waals surface area contributed by atoms with Gasteiger partial charge in [-0.15, -0.1) is 0 Å². The largest absolute Gasteiger partial charge is 0.351 e. The van der Waals surface area contributed by atoms with Crippen molar-refractivity contribution in [3.05, 3.63) is 75.7 Å². The maximum Gasteiger partial charge on any atom is 0.271 e. The number of carbonyl (C=O) groups excluding carboxylic acids is 3. The Kier molecular flexibility index (Phi) is 6.46. The predicted octanol–water partition coefficient (Wildman–Crippen LogP) is 2.74.